The van der Waals surface area contributed by atoms with E-state index in [2.05, 4.69) is 10.6 Å². The van der Waals surface area contributed by atoms with Crippen molar-refractivity contribution in [2.45, 2.75) is 59.5 Å². The number of hydrogen-bond donors (Lipinski definition) is 3. The highest BCUT2D eigenvalue weighted by Crippen LogP contribution is 2.25. The van der Waals surface area contributed by atoms with Gasteiger partial charge < -0.3 is 16.4 Å². The molecule has 1 unspecified atom stereocenters. The molecule has 0 heterocycles. The maximum Gasteiger partial charge on any atom is 0.251 e. The number of carbonyl (C=O) groups is 2. The number of amides is 2. The molecule has 5 nitrogen and oxygen atoms in total. The van der Waals surface area contributed by atoms with Gasteiger partial charge in [0.2, 0.25) is 5.91 Å². The van der Waals surface area contributed by atoms with Crippen LogP contribution in [0.5, 0.6) is 0 Å². The second-order valence-corrected chi connectivity index (χ2v) is 6.36. The molecule has 0 aliphatic rings. The van der Waals surface area contributed by atoms with E-state index in [1.165, 1.54) is 0 Å². The summed E-state index contributed by atoms with van der Waals surface area (Å²) in [4.78, 5) is 24.7. The molecule has 0 aromatic heterocycles. The average Bonchev–Trinajstić information content (AvgIpc) is 2.62. The highest BCUT2D eigenvalue weighted by molar-refractivity contribution is 5.94. The lowest BCUT2D eigenvalue weighted by Crippen LogP contribution is -2.45. The molecular weight excluding hydrogens is 338 g/mol. The molecule has 0 saturated carbocycles. The fraction of sp³-hybridized carbons (Fsp3) is 0.579. The minimum absolute atomic E-state index is 0. The first kappa shape index (κ1) is 23.4. The Hall–Kier alpha value is -1.59. The molecule has 25 heavy (non-hydrogen) atoms. The van der Waals surface area contributed by atoms with Crippen LogP contribution in [-0.2, 0) is 11.3 Å². The van der Waals surface area contributed by atoms with Crippen LogP contribution in [0.15, 0.2) is 24.3 Å². The molecule has 1 aromatic carbocycles. The Morgan fingerprint density at radius 3 is 2.36 bits per heavy atom. The van der Waals surface area contributed by atoms with Crippen molar-refractivity contribution in [2.75, 3.05) is 6.54 Å². The fourth-order valence-corrected chi connectivity index (χ4v) is 2.55. The predicted octanol–water partition coefficient (Wildman–Crippen LogP) is 3.02. The van der Waals surface area contributed by atoms with Crippen molar-refractivity contribution in [3.8, 4) is 0 Å². The monoisotopic (exact) mass is 369 g/mol. The van der Waals surface area contributed by atoms with Crippen molar-refractivity contribution in [3.63, 3.8) is 0 Å². The van der Waals surface area contributed by atoms with Gasteiger partial charge in [-0.15, -0.1) is 12.4 Å². The van der Waals surface area contributed by atoms with Crippen LogP contribution in [0.4, 0.5) is 0 Å². The Bertz CT molecular complexity index is 551. The van der Waals surface area contributed by atoms with Gasteiger partial charge in [0.05, 0.1) is 5.41 Å². The van der Waals surface area contributed by atoms with Crippen molar-refractivity contribution in [2.24, 2.45) is 11.1 Å². The maximum atomic E-state index is 12.5. The quantitative estimate of drug-likeness (QED) is 0.625. The molecule has 4 N–H and O–H groups in total. The molecule has 1 atom stereocenters. The second-order valence-electron chi connectivity index (χ2n) is 6.36. The summed E-state index contributed by atoms with van der Waals surface area (Å²) < 4.78 is 0. The Kier molecular flexibility index (Phi) is 10.4. The van der Waals surface area contributed by atoms with Crippen molar-refractivity contribution >= 4 is 24.2 Å². The summed E-state index contributed by atoms with van der Waals surface area (Å²) >= 11 is 0. The molecule has 0 saturated heterocycles. The van der Waals surface area contributed by atoms with Gasteiger partial charge in [-0.25, -0.2) is 0 Å². The summed E-state index contributed by atoms with van der Waals surface area (Å²) in [5, 5.41) is 5.91. The molecule has 0 aliphatic carbocycles. The van der Waals surface area contributed by atoms with Gasteiger partial charge >= 0.3 is 0 Å². The third kappa shape index (κ3) is 6.33. The predicted molar refractivity (Wildman–Crippen MR) is 105 cm³/mol. The van der Waals surface area contributed by atoms with E-state index in [0.29, 0.717) is 31.5 Å². The van der Waals surface area contributed by atoms with E-state index >= 15 is 0 Å². The minimum atomic E-state index is -0.508. The van der Waals surface area contributed by atoms with Crippen LogP contribution in [0.3, 0.4) is 0 Å². The number of carbonyl (C=O) groups excluding carboxylic acids is 2. The summed E-state index contributed by atoms with van der Waals surface area (Å²) in [5.41, 5.74) is 6.81. The van der Waals surface area contributed by atoms with Crippen molar-refractivity contribution in [1.82, 2.24) is 10.6 Å². The van der Waals surface area contributed by atoms with E-state index in [1.54, 1.807) is 6.07 Å². The summed E-state index contributed by atoms with van der Waals surface area (Å²) in [6.07, 6.45) is 2.31. The van der Waals surface area contributed by atoms with Crippen LogP contribution < -0.4 is 16.4 Å². The molecule has 0 radical (unpaired) electrons. The Morgan fingerprint density at radius 1 is 1.20 bits per heavy atom. The molecule has 6 heteroatoms. The van der Waals surface area contributed by atoms with E-state index in [-0.39, 0.29) is 30.3 Å². The van der Waals surface area contributed by atoms with Crippen LogP contribution in [0.2, 0.25) is 0 Å². The summed E-state index contributed by atoms with van der Waals surface area (Å²) in [5.74, 6) is -0.111. The van der Waals surface area contributed by atoms with E-state index < -0.39 is 5.41 Å². The van der Waals surface area contributed by atoms with E-state index in [4.69, 9.17) is 5.73 Å². The van der Waals surface area contributed by atoms with Crippen LogP contribution >= 0.6 is 12.4 Å². The lowest BCUT2D eigenvalue weighted by Gasteiger charge is -2.28. The number of rotatable bonds is 9. The fourth-order valence-electron chi connectivity index (χ4n) is 2.55. The van der Waals surface area contributed by atoms with Gasteiger partial charge in [0, 0.05) is 24.7 Å². The normalized spacial score (nSPS) is 12.0. The van der Waals surface area contributed by atoms with E-state index in [9.17, 15) is 9.59 Å². The van der Waals surface area contributed by atoms with Gasteiger partial charge in [-0.05, 0) is 43.9 Å². The number of hydrogen-bond acceptors (Lipinski definition) is 3. The molecular formula is C19H32ClN3O2. The summed E-state index contributed by atoms with van der Waals surface area (Å²) in [6, 6.07) is 7.48. The molecule has 2 amide bonds. The zero-order chi connectivity index (χ0) is 18.2. The minimum Gasteiger partial charge on any atom is -0.352 e. The summed E-state index contributed by atoms with van der Waals surface area (Å²) in [7, 11) is 0. The van der Waals surface area contributed by atoms with Gasteiger partial charge in [-0.2, -0.15) is 0 Å². The third-order valence-electron chi connectivity index (χ3n) is 4.86. The SMILES string of the molecule is CCC(C)NC(=O)c1cccc(CNC(=O)C(CC)(CC)CN)c1.Cl. The molecule has 142 valence electrons. The smallest absolute Gasteiger partial charge is 0.251 e. The molecule has 1 aromatic rings. The molecule has 0 fully saturated rings. The highest BCUT2D eigenvalue weighted by atomic mass is 35.5. The van der Waals surface area contributed by atoms with Gasteiger partial charge in [0.15, 0.2) is 0 Å². The van der Waals surface area contributed by atoms with Gasteiger partial charge in [0.1, 0.15) is 0 Å². The molecule has 0 aliphatic heterocycles. The summed E-state index contributed by atoms with van der Waals surface area (Å²) in [6.45, 7) is 8.70. The van der Waals surface area contributed by atoms with Crippen LogP contribution in [0, 0.1) is 5.41 Å². The Labute approximate surface area is 157 Å². The number of halogens is 1. The first-order valence-corrected chi connectivity index (χ1v) is 8.80. The van der Waals surface area contributed by atoms with Gasteiger partial charge in [0.25, 0.3) is 5.91 Å². The van der Waals surface area contributed by atoms with Crippen LogP contribution in [0.1, 0.15) is 62.9 Å². The first-order valence-electron chi connectivity index (χ1n) is 8.80. The van der Waals surface area contributed by atoms with Crippen LogP contribution in [-0.4, -0.2) is 24.4 Å². The number of nitrogens with two attached hydrogens (primary N) is 1. The average molecular weight is 370 g/mol. The van der Waals surface area contributed by atoms with Crippen molar-refractivity contribution in [1.29, 1.82) is 0 Å². The molecule has 0 spiro atoms. The van der Waals surface area contributed by atoms with Crippen LogP contribution in [0.25, 0.3) is 0 Å². The van der Waals surface area contributed by atoms with Gasteiger partial charge in [-0.3, -0.25) is 9.59 Å². The third-order valence-corrected chi connectivity index (χ3v) is 4.86. The molecule has 1 rings (SSSR count). The topological polar surface area (TPSA) is 84.2 Å². The Morgan fingerprint density at radius 2 is 1.84 bits per heavy atom. The standard InChI is InChI=1S/C19H31N3O2.ClH/c1-5-14(4)22-17(23)16-10-8-9-15(11-16)12-21-18(24)19(6-2,7-3)13-20;/h8-11,14H,5-7,12-13,20H2,1-4H3,(H,21,24)(H,22,23);1H. The number of nitrogens with one attached hydrogen (secondary N) is 2. The highest BCUT2D eigenvalue weighted by Gasteiger charge is 2.32. The maximum absolute atomic E-state index is 12.5. The molecule has 0 bridgehead atoms. The zero-order valence-corrected chi connectivity index (χ0v) is 16.5. The van der Waals surface area contributed by atoms with Crippen molar-refractivity contribution in [3.05, 3.63) is 35.4 Å². The second kappa shape index (κ2) is 11.1. The van der Waals surface area contributed by atoms with Crippen molar-refractivity contribution < 1.29 is 9.59 Å². The largest absolute Gasteiger partial charge is 0.352 e. The zero-order valence-electron chi connectivity index (χ0n) is 15.7. The number of benzene rings is 1. The Balaban J connectivity index is 0.00000576. The lowest BCUT2D eigenvalue weighted by atomic mass is 9.81. The van der Waals surface area contributed by atoms with E-state index in [0.717, 1.165) is 12.0 Å². The van der Waals surface area contributed by atoms with Gasteiger partial charge in [-0.1, -0.05) is 32.9 Å². The lowest BCUT2D eigenvalue weighted by molar-refractivity contribution is -0.131. The van der Waals surface area contributed by atoms with E-state index in [1.807, 2.05) is 45.9 Å². The first-order chi connectivity index (χ1) is 11.4.